The van der Waals surface area contributed by atoms with Crippen LogP contribution in [0.2, 0.25) is 0 Å². The van der Waals surface area contributed by atoms with Gasteiger partial charge in [-0.05, 0) is 13.3 Å². The van der Waals surface area contributed by atoms with Gasteiger partial charge in [-0.25, -0.2) is 9.79 Å². The van der Waals surface area contributed by atoms with Gasteiger partial charge in [-0.2, -0.15) is 0 Å². The molecular formula is C11H15N3O3. The fraction of sp³-hybridized carbons (Fsp3) is 0.455. The Morgan fingerprint density at radius 2 is 2.35 bits per heavy atom. The number of allylic oxidation sites excluding steroid dienone is 1. The lowest BCUT2D eigenvalue weighted by Crippen LogP contribution is -2.40. The van der Waals surface area contributed by atoms with Crippen LogP contribution in [0.4, 0.5) is 0 Å². The third-order valence-electron chi connectivity index (χ3n) is 2.98. The molecule has 0 saturated carbocycles. The number of aliphatic imine (C=N–C) groups is 1. The maximum absolute atomic E-state index is 11.1. The molecule has 0 bridgehead atoms. The van der Waals surface area contributed by atoms with Gasteiger partial charge in [0, 0.05) is 12.1 Å². The molecule has 2 rings (SSSR count). The summed E-state index contributed by atoms with van der Waals surface area (Å²) in [4.78, 5) is 15.4. The van der Waals surface area contributed by atoms with E-state index in [0.29, 0.717) is 17.3 Å². The Balaban J connectivity index is 2.49. The normalized spacial score (nSPS) is 23.9. The number of dihydropyridines is 1. The molecule has 0 saturated heterocycles. The molecule has 0 spiro atoms. The molecule has 6 heteroatoms. The number of nitrogens with one attached hydrogen (secondary N) is 1. The first kappa shape index (κ1) is 11.5. The predicted molar refractivity (Wildman–Crippen MR) is 62.2 cm³/mol. The number of methoxy groups -OCH3 is 1. The van der Waals surface area contributed by atoms with Gasteiger partial charge in [0.05, 0.1) is 24.5 Å². The van der Waals surface area contributed by atoms with Crippen molar-refractivity contribution in [1.29, 1.82) is 0 Å². The van der Waals surface area contributed by atoms with Gasteiger partial charge in [0.1, 0.15) is 5.57 Å². The summed E-state index contributed by atoms with van der Waals surface area (Å²) < 4.78 is 5.08. The molecule has 0 aromatic heterocycles. The van der Waals surface area contributed by atoms with E-state index in [0.717, 1.165) is 12.8 Å². The van der Waals surface area contributed by atoms with Gasteiger partial charge in [0.25, 0.3) is 0 Å². The van der Waals surface area contributed by atoms with Crippen LogP contribution in [-0.4, -0.2) is 30.1 Å². The zero-order valence-electron chi connectivity index (χ0n) is 9.78. The highest BCUT2D eigenvalue weighted by Gasteiger charge is 2.31. The second-order valence-electron chi connectivity index (χ2n) is 4.05. The van der Waals surface area contributed by atoms with Crippen LogP contribution in [0.15, 0.2) is 27.7 Å². The summed E-state index contributed by atoms with van der Waals surface area (Å²) in [5, 5.41) is 12.2. The van der Waals surface area contributed by atoms with Crippen molar-refractivity contribution in [3.8, 4) is 0 Å². The van der Waals surface area contributed by atoms with Crippen LogP contribution in [0, 0.1) is 0 Å². The Morgan fingerprint density at radius 3 is 2.94 bits per heavy atom. The number of aliphatic carboxylic acids is 1. The Labute approximate surface area is 98.9 Å². The molecule has 2 aliphatic heterocycles. The molecule has 92 valence electrons. The van der Waals surface area contributed by atoms with Crippen LogP contribution in [0.5, 0.6) is 0 Å². The number of carbonyl (C=O) groups is 1. The largest absolute Gasteiger partial charge is 0.484 e. The standard InChI is InChI=1S/C11H15N3O3/c1-5-8(11(15)16)9(12)10-6(13-5)3-4-7(14-10)17-2/h6,13H,3-4,12H2,1-2H3,(H,15,16). The average molecular weight is 237 g/mol. The van der Waals surface area contributed by atoms with Gasteiger partial charge < -0.3 is 20.9 Å². The van der Waals surface area contributed by atoms with Crippen LogP contribution >= 0.6 is 0 Å². The minimum atomic E-state index is -1.04. The van der Waals surface area contributed by atoms with Crippen molar-refractivity contribution in [2.24, 2.45) is 10.7 Å². The minimum Gasteiger partial charge on any atom is -0.484 e. The smallest absolute Gasteiger partial charge is 0.339 e. The van der Waals surface area contributed by atoms with Crippen molar-refractivity contribution >= 4 is 11.9 Å². The van der Waals surface area contributed by atoms with Gasteiger partial charge in [0.2, 0.25) is 0 Å². The van der Waals surface area contributed by atoms with Crippen LogP contribution < -0.4 is 11.1 Å². The lowest BCUT2D eigenvalue weighted by Gasteiger charge is -2.31. The summed E-state index contributed by atoms with van der Waals surface area (Å²) in [6.45, 7) is 1.71. The Kier molecular flexibility index (Phi) is 2.79. The van der Waals surface area contributed by atoms with E-state index in [1.165, 1.54) is 0 Å². The number of rotatable bonds is 1. The summed E-state index contributed by atoms with van der Waals surface area (Å²) in [5.74, 6) is -0.455. The van der Waals surface area contributed by atoms with Crippen LogP contribution in [-0.2, 0) is 9.53 Å². The molecule has 0 fully saturated rings. The second-order valence-corrected chi connectivity index (χ2v) is 4.05. The first-order valence-corrected chi connectivity index (χ1v) is 5.37. The van der Waals surface area contributed by atoms with E-state index in [1.807, 2.05) is 0 Å². The molecule has 0 aromatic rings. The quantitative estimate of drug-likeness (QED) is 0.610. The van der Waals surface area contributed by atoms with E-state index in [-0.39, 0.29) is 17.3 Å². The predicted octanol–water partition coefficient (Wildman–Crippen LogP) is 0.326. The lowest BCUT2D eigenvalue weighted by atomic mass is 9.95. The zero-order chi connectivity index (χ0) is 12.6. The third-order valence-corrected chi connectivity index (χ3v) is 2.98. The summed E-state index contributed by atoms with van der Waals surface area (Å²) in [6.07, 6.45) is 1.52. The third kappa shape index (κ3) is 1.86. The molecule has 1 unspecified atom stereocenters. The molecule has 0 amide bonds. The van der Waals surface area contributed by atoms with E-state index >= 15 is 0 Å². The van der Waals surface area contributed by atoms with Crippen molar-refractivity contribution in [3.63, 3.8) is 0 Å². The fourth-order valence-electron chi connectivity index (χ4n) is 2.15. The van der Waals surface area contributed by atoms with Crippen LogP contribution in [0.25, 0.3) is 0 Å². The number of hydrogen-bond donors (Lipinski definition) is 3. The van der Waals surface area contributed by atoms with E-state index < -0.39 is 5.97 Å². The van der Waals surface area contributed by atoms with Gasteiger partial charge in [-0.3, -0.25) is 0 Å². The van der Waals surface area contributed by atoms with Crippen molar-refractivity contribution in [1.82, 2.24) is 5.32 Å². The van der Waals surface area contributed by atoms with Crippen LogP contribution in [0.3, 0.4) is 0 Å². The summed E-state index contributed by atoms with van der Waals surface area (Å²) in [7, 11) is 1.55. The van der Waals surface area contributed by atoms with E-state index in [4.69, 9.17) is 15.6 Å². The van der Waals surface area contributed by atoms with Gasteiger partial charge >= 0.3 is 5.97 Å². The van der Waals surface area contributed by atoms with Gasteiger partial charge in [-0.15, -0.1) is 0 Å². The number of ether oxygens (including phenoxy) is 1. The summed E-state index contributed by atoms with van der Waals surface area (Å²) in [5.41, 5.74) is 7.35. The SMILES string of the molecule is COC1=NC2=C(N)C(C(=O)O)=C(C)NC2CC1. The van der Waals surface area contributed by atoms with Crippen LogP contribution in [0.1, 0.15) is 19.8 Å². The number of hydrogen-bond acceptors (Lipinski definition) is 5. The topological polar surface area (TPSA) is 96.9 Å². The highest BCUT2D eigenvalue weighted by molar-refractivity contribution is 5.93. The van der Waals surface area contributed by atoms with Gasteiger partial charge in [-0.1, -0.05) is 0 Å². The average Bonchev–Trinajstić information content (AvgIpc) is 2.28. The zero-order valence-corrected chi connectivity index (χ0v) is 9.78. The molecule has 0 aliphatic carbocycles. The Bertz CT molecular complexity index is 463. The highest BCUT2D eigenvalue weighted by atomic mass is 16.5. The first-order valence-electron chi connectivity index (χ1n) is 5.37. The molecular weight excluding hydrogens is 222 g/mol. The number of carboxylic acid groups (broad SMARTS) is 1. The maximum atomic E-state index is 11.1. The Morgan fingerprint density at radius 1 is 1.65 bits per heavy atom. The van der Waals surface area contributed by atoms with Crippen molar-refractivity contribution in [3.05, 3.63) is 22.7 Å². The number of fused-ring (bicyclic) bond motifs is 1. The molecule has 2 heterocycles. The second kappa shape index (κ2) is 4.12. The van der Waals surface area contributed by atoms with E-state index in [9.17, 15) is 4.79 Å². The first-order chi connectivity index (χ1) is 8.04. The van der Waals surface area contributed by atoms with Crippen molar-refractivity contribution in [2.45, 2.75) is 25.8 Å². The molecule has 0 aromatic carbocycles. The van der Waals surface area contributed by atoms with Gasteiger partial charge in [0.15, 0.2) is 5.90 Å². The maximum Gasteiger partial charge on any atom is 0.339 e. The molecule has 0 radical (unpaired) electrons. The monoisotopic (exact) mass is 237 g/mol. The van der Waals surface area contributed by atoms with Crippen molar-refractivity contribution < 1.29 is 14.6 Å². The number of nitrogens with zero attached hydrogens (tertiary/aromatic N) is 1. The molecule has 17 heavy (non-hydrogen) atoms. The Hall–Kier alpha value is -1.98. The molecule has 1 atom stereocenters. The van der Waals surface area contributed by atoms with Crippen molar-refractivity contribution in [2.75, 3.05) is 7.11 Å². The highest BCUT2D eigenvalue weighted by Crippen LogP contribution is 2.28. The molecule has 2 aliphatic rings. The van der Waals surface area contributed by atoms with E-state index in [1.54, 1.807) is 14.0 Å². The molecule has 6 nitrogen and oxygen atoms in total. The minimum absolute atomic E-state index is 0.0167. The number of carboxylic acids is 1. The summed E-state index contributed by atoms with van der Waals surface area (Å²) in [6, 6.07) is -0.0167. The molecule has 4 N–H and O–H groups in total. The summed E-state index contributed by atoms with van der Waals surface area (Å²) >= 11 is 0. The fourth-order valence-corrected chi connectivity index (χ4v) is 2.15. The number of nitrogens with two attached hydrogens (primary N) is 1. The van der Waals surface area contributed by atoms with E-state index in [2.05, 4.69) is 10.3 Å². The lowest BCUT2D eigenvalue weighted by molar-refractivity contribution is -0.132.